The Morgan fingerprint density at radius 1 is 1.19 bits per heavy atom. The summed E-state index contributed by atoms with van der Waals surface area (Å²) < 4.78 is 14.9. The van der Waals surface area contributed by atoms with Crippen molar-refractivity contribution in [2.75, 3.05) is 5.32 Å². The van der Waals surface area contributed by atoms with E-state index in [9.17, 15) is 9.18 Å². The molecule has 1 amide bonds. The monoisotopic (exact) mass is 363 g/mol. The van der Waals surface area contributed by atoms with Crippen molar-refractivity contribution in [3.63, 3.8) is 0 Å². The van der Waals surface area contributed by atoms with Crippen LogP contribution in [0.15, 0.2) is 46.9 Å². The minimum atomic E-state index is -0.292. The van der Waals surface area contributed by atoms with Gasteiger partial charge in [-0.2, -0.15) is 0 Å². The normalized spacial score (nSPS) is 10.8. The zero-order valence-corrected chi connectivity index (χ0v) is 13.5. The van der Waals surface area contributed by atoms with Crippen LogP contribution in [0.25, 0.3) is 10.1 Å². The van der Waals surface area contributed by atoms with Gasteiger partial charge in [-0.05, 0) is 54.3 Å². The number of thiophene rings is 1. The van der Waals surface area contributed by atoms with Gasteiger partial charge in [0, 0.05) is 14.9 Å². The first kappa shape index (κ1) is 14.2. The molecule has 5 heteroatoms. The van der Waals surface area contributed by atoms with Crippen molar-refractivity contribution in [1.82, 2.24) is 0 Å². The van der Waals surface area contributed by atoms with Gasteiger partial charge in [0.1, 0.15) is 5.82 Å². The van der Waals surface area contributed by atoms with Gasteiger partial charge >= 0.3 is 0 Å². The van der Waals surface area contributed by atoms with Crippen LogP contribution in [0.3, 0.4) is 0 Å². The summed E-state index contributed by atoms with van der Waals surface area (Å²) in [5, 5.41) is 3.76. The molecule has 1 heterocycles. The highest BCUT2D eigenvalue weighted by atomic mass is 79.9. The van der Waals surface area contributed by atoms with E-state index < -0.39 is 0 Å². The fraction of sp³-hybridized carbons (Fsp3) is 0.0625. The molecule has 0 fully saturated rings. The molecular weight excluding hydrogens is 353 g/mol. The van der Waals surface area contributed by atoms with E-state index in [2.05, 4.69) is 21.2 Å². The van der Waals surface area contributed by atoms with Gasteiger partial charge in [0.15, 0.2) is 0 Å². The van der Waals surface area contributed by atoms with Crippen molar-refractivity contribution in [2.24, 2.45) is 0 Å². The van der Waals surface area contributed by atoms with E-state index in [1.54, 1.807) is 12.1 Å². The van der Waals surface area contributed by atoms with Gasteiger partial charge in [0.25, 0.3) is 5.91 Å². The molecule has 2 nitrogen and oxygen atoms in total. The largest absolute Gasteiger partial charge is 0.321 e. The molecular formula is C16H11BrFNOS. The van der Waals surface area contributed by atoms with Crippen molar-refractivity contribution in [3.05, 3.63) is 63.2 Å². The highest BCUT2D eigenvalue weighted by molar-refractivity contribution is 9.10. The number of hydrogen-bond acceptors (Lipinski definition) is 2. The van der Waals surface area contributed by atoms with E-state index in [1.807, 2.05) is 25.1 Å². The molecule has 0 unspecified atom stereocenters. The summed E-state index contributed by atoms with van der Waals surface area (Å²) in [6.45, 7) is 1.93. The lowest BCUT2D eigenvalue weighted by atomic mass is 10.2. The summed E-state index contributed by atoms with van der Waals surface area (Å²) in [6, 6.07) is 12.0. The number of halogens is 2. The van der Waals surface area contributed by atoms with Gasteiger partial charge in [-0.1, -0.05) is 22.0 Å². The minimum Gasteiger partial charge on any atom is -0.321 e. The first-order chi connectivity index (χ1) is 10.0. The lowest BCUT2D eigenvalue weighted by Gasteiger charge is -2.07. The zero-order valence-electron chi connectivity index (χ0n) is 11.1. The molecule has 0 radical (unpaired) electrons. The molecule has 0 spiro atoms. The first-order valence-corrected chi connectivity index (χ1v) is 7.90. The molecule has 0 saturated carbocycles. The first-order valence-electron chi connectivity index (χ1n) is 6.29. The van der Waals surface area contributed by atoms with E-state index in [0.29, 0.717) is 4.88 Å². The highest BCUT2D eigenvalue weighted by Crippen LogP contribution is 2.28. The van der Waals surface area contributed by atoms with E-state index >= 15 is 0 Å². The Labute approximate surface area is 133 Å². The van der Waals surface area contributed by atoms with E-state index in [0.717, 1.165) is 25.8 Å². The maximum atomic E-state index is 13.2. The molecule has 0 atom stereocenters. The number of rotatable bonds is 2. The lowest BCUT2D eigenvalue weighted by Crippen LogP contribution is -2.10. The predicted molar refractivity (Wildman–Crippen MR) is 88.6 cm³/mol. The van der Waals surface area contributed by atoms with Crippen molar-refractivity contribution < 1.29 is 9.18 Å². The zero-order chi connectivity index (χ0) is 15.0. The summed E-state index contributed by atoms with van der Waals surface area (Å²) in [7, 11) is 0. The third kappa shape index (κ3) is 2.99. The maximum Gasteiger partial charge on any atom is 0.265 e. The number of benzene rings is 2. The molecule has 3 rings (SSSR count). The fourth-order valence-electron chi connectivity index (χ4n) is 2.07. The van der Waals surface area contributed by atoms with E-state index in [1.165, 1.54) is 23.5 Å². The van der Waals surface area contributed by atoms with Crippen LogP contribution < -0.4 is 5.32 Å². The average molecular weight is 364 g/mol. The van der Waals surface area contributed by atoms with Gasteiger partial charge in [0.05, 0.1) is 4.88 Å². The maximum absolute atomic E-state index is 13.2. The lowest BCUT2D eigenvalue weighted by molar-refractivity contribution is 0.103. The van der Waals surface area contributed by atoms with Gasteiger partial charge in [-0.25, -0.2) is 4.39 Å². The van der Waals surface area contributed by atoms with Crippen molar-refractivity contribution in [3.8, 4) is 0 Å². The molecule has 1 aromatic heterocycles. The second-order valence-electron chi connectivity index (χ2n) is 4.71. The van der Waals surface area contributed by atoms with E-state index in [-0.39, 0.29) is 11.7 Å². The van der Waals surface area contributed by atoms with Crippen molar-refractivity contribution in [1.29, 1.82) is 0 Å². The number of carbonyl (C=O) groups excluding carboxylic acids is 1. The number of nitrogens with one attached hydrogen (secondary N) is 1. The number of hydrogen-bond donors (Lipinski definition) is 1. The van der Waals surface area contributed by atoms with Crippen LogP contribution in [0.1, 0.15) is 15.2 Å². The number of fused-ring (bicyclic) bond motifs is 1. The number of aryl methyl sites for hydroxylation is 1. The topological polar surface area (TPSA) is 29.1 Å². The summed E-state index contributed by atoms with van der Waals surface area (Å²) in [5.74, 6) is -0.470. The van der Waals surface area contributed by atoms with E-state index in [4.69, 9.17) is 0 Å². The molecule has 0 bridgehead atoms. The number of amides is 1. The van der Waals surface area contributed by atoms with Gasteiger partial charge in [0.2, 0.25) is 0 Å². The molecule has 0 aliphatic rings. The van der Waals surface area contributed by atoms with Crippen LogP contribution in [0.5, 0.6) is 0 Å². The van der Waals surface area contributed by atoms with Crippen LogP contribution in [-0.4, -0.2) is 5.91 Å². The molecule has 0 aliphatic carbocycles. The number of carbonyl (C=O) groups is 1. The summed E-state index contributed by atoms with van der Waals surface area (Å²) in [6.07, 6.45) is 0. The third-order valence-corrected chi connectivity index (χ3v) is 4.73. The Morgan fingerprint density at radius 2 is 2.00 bits per heavy atom. The highest BCUT2D eigenvalue weighted by Gasteiger charge is 2.12. The minimum absolute atomic E-state index is 0.179. The Balaban J connectivity index is 1.89. The molecule has 106 valence electrons. The van der Waals surface area contributed by atoms with Crippen molar-refractivity contribution in [2.45, 2.75) is 6.92 Å². The van der Waals surface area contributed by atoms with Gasteiger partial charge < -0.3 is 5.32 Å². The molecule has 3 aromatic rings. The predicted octanol–water partition coefficient (Wildman–Crippen LogP) is 5.36. The SMILES string of the molecule is Cc1cc(Br)ccc1NC(=O)c1cc2ccc(F)cc2s1. The molecule has 21 heavy (non-hydrogen) atoms. The second-order valence-corrected chi connectivity index (χ2v) is 6.71. The Morgan fingerprint density at radius 3 is 2.76 bits per heavy atom. The summed E-state index contributed by atoms with van der Waals surface area (Å²) in [4.78, 5) is 12.9. The summed E-state index contributed by atoms with van der Waals surface area (Å²) >= 11 is 4.68. The molecule has 0 saturated heterocycles. The van der Waals surface area contributed by atoms with Gasteiger partial charge in [-0.3, -0.25) is 4.79 Å². The molecule has 0 aliphatic heterocycles. The van der Waals surface area contributed by atoms with Crippen molar-refractivity contribution >= 4 is 48.9 Å². The van der Waals surface area contributed by atoms with Crippen LogP contribution in [0, 0.1) is 12.7 Å². The quantitative estimate of drug-likeness (QED) is 0.651. The Bertz CT molecular complexity index is 843. The standard InChI is InChI=1S/C16H11BrFNOS/c1-9-6-11(17)3-5-13(9)19-16(20)15-7-10-2-4-12(18)8-14(10)21-15/h2-8H,1H3,(H,19,20). The van der Waals surface area contributed by atoms with Crippen LogP contribution in [0.4, 0.5) is 10.1 Å². The molecule has 2 aromatic carbocycles. The smallest absolute Gasteiger partial charge is 0.265 e. The number of anilines is 1. The van der Waals surface area contributed by atoms with Crippen LogP contribution >= 0.6 is 27.3 Å². The molecule has 1 N–H and O–H groups in total. The second kappa shape index (κ2) is 5.58. The van der Waals surface area contributed by atoms with Crippen LogP contribution in [-0.2, 0) is 0 Å². The van der Waals surface area contributed by atoms with Gasteiger partial charge in [-0.15, -0.1) is 11.3 Å². The van der Waals surface area contributed by atoms with Crippen LogP contribution in [0.2, 0.25) is 0 Å². The average Bonchev–Trinajstić information content (AvgIpc) is 2.85. The fourth-order valence-corrected chi connectivity index (χ4v) is 3.53. The Kier molecular flexibility index (Phi) is 3.78. The summed E-state index contributed by atoms with van der Waals surface area (Å²) in [5.41, 5.74) is 1.75. The third-order valence-electron chi connectivity index (χ3n) is 3.14. The Hall–Kier alpha value is -1.72.